The van der Waals surface area contributed by atoms with E-state index in [1.54, 1.807) is 6.33 Å². The summed E-state index contributed by atoms with van der Waals surface area (Å²) in [7, 11) is 0. The third-order valence-corrected chi connectivity index (χ3v) is 4.31. The minimum Gasteiger partial charge on any atom is -0.357 e. The molecular formula is C21H28IN7. The maximum absolute atomic E-state index is 4.71. The molecule has 2 N–H and O–H groups in total. The van der Waals surface area contributed by atoms with E-state index in [0.29, 0.717) is 6.54 Å². The van der Waals surface area contributed by atoms with Gasteiger partial charge in [-0.25, -0.2) is 4.99 Å². The highest BCUT2D eigenvalue weighted by molar-refractivity contribution is 14.0. The van der Waals surface area contributed by atoms with E-state index in [1.165, 1.54) is 0 Å². The van der Waals surface area contributed by atoms with Gasteiger partial charge in [-0.3, -0.25) is 4.98 Å². The first-order valence-corrected chi connectivity index (χ1v) is 9.69. The van der Waals surface area contributed by atoms with E-state index in [9.17, 15) is 0 Å². The lowest BCUT2D eigenvalue weighted by molar-refractivity contribution is 0.632. The molecule has 0 atom stereocenters. The van der Waals surface area contributed by atoms with Gasteiger partial charge in [0.05, 0.1) is 12.2 Å². The Bertz CT molecular complexity index is 893. The maximum Gasteiger partial charge on any atom is 0.191 e. The summed E-state index contributed by atoms with van der Waals surface area (Å²) in [6.45, 7) is 7.11. The van der Waals surface area contributed by atoms with Gasteiger partial charge in [-0.2, -0.15) is 0 Å². The minimum absolute atomic E-state index is 0. The van der Waals surface area contributed by atoms with Crippen molar-refractivity contribution in [1.82, 2.24) is 30.4 Å². The highest BCUT2D eigenvalue weighted by Gasteiger charge is 2.03. The third-order valence-electron chi connectivity index (χ3n) is 4.31. The molecule has 0 bridgehead atoms. The molecule has 0 aliphatic rings. The summed E-state index contributed by atoms with van der Waals surface area (Å²) >= 11 is 0. The molecule has 2 heterocycles. The van der Waals surface area contributed by atoms with Crippen molar-refractivity contribution in [1.29, 1.82) is 0 Å². The monoisotopic (exact) mass is 505 g/mol. The Morgan fingerprint density at radius 1 is 1.10 bits per heavy atom. The number of aromatic nitrogens is 4. The predicted octanol–water partition coefficient (Wildman–Crippen LogP) is 3.28. The zero-order chi connectivity index (χ0) is 19.6. The Morgan fingerprint density at radius 3 is 2.76 bits per heavy atom. The number of pyridine rings is 1. The van der Waals surface area contributed by atoms with Crippen LogP contribution in [0.5, 0.6) is 0 Å². The molecular weight excluding hydrogens is 477 g/mol. The lowest BCUT2D eigenvalue weighted by atomic mass is 10.1. The van der Waals surface area contributed by atoms with Crippen LogP contribution in [0, 0.1) is 0 Å². The van der Waals surface area contributed by atoms with Crippen LogP contribution in [-0.2, 0) is 19.5 Å². The van der Waals surface area contributed by atoms with E-state index >= 15 is 0 Å². The molecule has 29 heavy (non-hydrogen) atoms. The second-order valence-electron chi connectivity index (χ2n) is 6.33. The Labute approximate surface area is 189 Å². The van der Waals surface area contributed by atoms with Crippen LogP contribution in [0.15, 0.2) is 60.0 Å². The molecule has 0 saturated heterocycles. The fourth-order valence-electron chi connectivity index (χ4n) is 2.91. The number of benzene rings is 1. The summed E-state index contributed by atoms with van der Waals surface area (Å²) in [4.78, 5) is 9.13. The second kappa shape index (κ2) is 12.2. The first kappa shape index (κ1) is 22.8. The first-order chi connectivity index (χ1) is 13.8. The van der Waals surface area contributed by atoms with Crippen LogP contribution >= 0.6 is 24.0 Å². The number of halogens is 1. The molecule has 154 valence electrons. The van der Waals surface area contributed by atoms with Crippen LogP contribution in [0.3, 0.4) is 0 Å². The van der Waals surface area contributed by atoms with E-state index < -0.39 is 0 Å². The molecule has 0 unspecified atom stereocenters. The second-order valence-corrected chi connectivity index (χ2v) is 6.33. The number of aryl methyl sites for hydroxylation is 1. The molecule has 2 aromatic heterocycles. The van der Waals surface area contributed by atoms with Crippen LogP contribution in [0.25, 0.3) is 11.3 Å². The molecule has 0 aliphatic heterocycles. The molecule has 3 aromatic rings. The Hall–Kier alpha value is -2.49. The van der Waals surface area contributed by atoms with E-state index in [1.807, 2.05) is 30.5 Å². The minimum atomic E-state index is 0. The summed E-state index contributed by atoms with van der Waals surface area (Å²) < 4.78 is 2.06. The van der Waals surface area contributed by atoms with Gasteiger partial charge in [0.1, 0.15) is 12.2 Å². The highest BCUT2D eigenvalue weighted by Crippen LogP contribution is 2.18. The normalized spacial score (nSPS) is 11.0. The van der Waals surface area contributed by atoms with Gasteiger partial charge in [0.15, 0.2) is 5.96 Å². The van der Waals surface area contributed by atoms with Crippen molar-refractivity contribution in [3.8, 4) is 11.3 Å². The SMILES string of the molecule is CCNC(=NCc1cccc(-c2ccccn2)c1)NCCn1cnnc1CC.I. The van der Waals surface area contributed by atoms with E-state index in [0.717, 1.165) is 54.7 Å². The van der Waals surface area contributed by atoms with Gasteiger partial charge in [0.2, 0.25) is 0 Å². The number of nitrogens with one attached hydrogen (secondary N) is 2. The van der Waals surface area contributed by atoms with Crippen LogP contribution in [-0.4, -0.2) is 38.8 Å². The average Bonchev–Trinajstić information content (AvgIpc) is 3.20. The van der Waals surface area contributed by atoms with Crippen LogP contribution in [0.4, 0.5) is 0 Å². The topological polar surface area (TPSA) is 80.0 Å². The van der Waals surface area contributed by atoms with Crippen LogP contribution in [0.2, 0.25) is 0 Å². The molecule has 0 aliphatic carbocycles. The van der Waals surface area contributed by atoms with Crippen LogP contribution in [0.1, 0.15) is 25.2 Å². The number of guanidine groups is 1. The molecule has 0 amide bonds. The Balaban J connectivity index is 0.00000300. The van der Waals surface area contributed by atoms with Gasteiger partial charge in [0, 0.05) is 37.8 Å². The van der Waals surface area contributed by atoms with Gasteiger partial charge < -0.3 is 15.2 Å². The number of hydrogen-bond acceptors (Lipinski definition) is 4. The number of rotatable bonds is 8. The maximum atomic E-state index is 4.71. The Morgan fingerprint density at radius 2 is 2.00 bits per heavy atom. The molecule has 3 rings (SSSR count). The van der Waals surface area contributed by atoms with Gasteiger partial charge >= 0.3 is 0 Å². The lowest BCUT2D eigenvalue weighted by Crippen LogP contribution is -2.38. The zero-order valence-corrected chi connectivity index (χ0v) is 19.2. The first-order valence-electron chi connectivity index (χ1n) is 9.69. The van der Waals surface area contributed by atoms with Crippen molar-refractivity contribution in [2.45, 2.75) is 33.4 Å². The lowest BCUT2D eigenvalue weighted by Gasteiger charge is -2.12. The number of nitrogens with zero attached hydrogens (tertiary/aromatic N) is 5. The quantitative estimate of drug-likeness (QED) is 0.279. The molecule has 0 radical (unpaired) electrons. The predicted molar refractivity (Wildman–Crippen MR) is 127 cm³/mol. The van der Waals surface area contributed by atoms with E-state index in [2.05, 4.69) is 62.4 Å². The molecule has 8 heteroatoms. The third kappa shape index (κ3) is 6.81. The standard InChI is InChI=1S/C21H27N7.HI/c1-3-20-27-26-16-28(20)13-12-24-21(22-4-2)25-15-17-8-7-9-18(14-17)19-10-5-6-11-23-19;/h5-11,14,16H,3-4,12-13,15H2,1-2H3,(H2,22,24,25);1H. The molecule has 0 saturated carbocycles. The van der Waals surface area contributed by atoms with Crippen molar-refractivity contribution in [3.05, 3.63) is 66.4 Å². The smallest absolute Gasteiger partial charge is 0.191 e. The molecule has 0 spiro atoms. The zero-order valence-electron chi connectivity index (χ0n) is 16.9. The van der Waals surface area contributed by atoms with Crippen molar-refractivity contribution in [2.75, 3.05) is 13.1 Å². The molecule has 0 fully saturated rings. The largest absolute Gasteiger partial charge is 0.357 e. The molecule has 7 nitrogen and oxygen atoms in total. The summed E-state index contributed by atoms with van der Waals surface area (Å²) in [6.07, 6.45) is 4.46. The number of aliphatic imine (C=N–C) groups is 1. The fraction of sp³-hybridized carbons (Fsp3) is 0.333. The Kier molecular flexibility index (Phi) is 9.55. The summed E-state index contributed by atoms with van der Waals surface area (Å²) in [5.41, 5.74) is 3.22. The summed E-state index contributed by atoms with van der Waals surface area (Å²) in [6, 6.07) is 14.3. The fourth-order valence-corrected chi connectivity index (χ4v) is 2.91. The van der Waals surface area contributed by atoms with Crippen molar-refractivity contribution < 1.29 is 0 Å². The molecule has 1 aromatic carbocycles. The van der Waals surface area contributed by atoms with Crippen molar-refractivity contribution >= 4 is 29.9 Å². The van der Waals surface area contributed by atoms with Crippen LogP contribution < -0.4 is 10.6 Å². The van der Waals surface area contributed by atoms with Gasteiger partial charge in [-0.1, -0.05) is 31.2 Å². The number of hydrogen-bond donors (Lipinski definition) is 2. The van der Waals surface area contributed by atoms with E-state index in [-0.39, 0.29) is 24.0 Å². The summed E-state index contributed by atoms with van der Waals surface area (Å²) in [5, 5.41) is 14.8. The average molecular weight is 505 g/mol. The van der Waals surface area contributed by atoms with Gasteiger partial charge in [-0.05, 0) is 30.7 Å². The highest BCUT2D eigenvalue weighted by atomic mass is 127. The van der Waals surface area contributed by atoms with Gasteiger partial charge in [0.25, 0.3) is 0 Å². The van der Waals surface area contributed by atoms with E-state index in [4.69, 9.17) is 4.99 Å². The van der Waals surface area contributed by atoms with Crippen molar-refractivity contribution in [2.24, 2.45) is 4.99 Å². The van der Waals surface area contributed by atoms with Gasteiger partial charge in [-0.15, -0.1) is 34.2 Å². The van der Waals surface area contributed by atoms with Crippen molar-refractivity contribution in [3.63, 3.8) is 0 Å². The summed E-state index contributed by atoms with van der Waals surface area (Å²) in [5.74, 6) is 1.80.